The molecule has 1 atom stereocenters. The van der Waals surface area contributed by atoms with Crippen molar-refractivity contribution in [3.05, 3.63) is 29.0 Å². The van der Waals surface area contributed by atoms with Crippen LogP contribution in [0.4, 0.5) is 4.39 Å². The molecular formula is C12H14ClFO4. The summed E-state index contributed by atoms with van der Waals surface area (Å²) in [6.07, 6.45) is -0.813. The first-order chi connectivity index (χ1) is 8.56. The van der Waals surface area contributed by atoms with Crippen LogP contribution in [0.25, 0.3) is 0 Å². The van der Waals surface area contributed by atoms with Gasteiger partial charge in [-0.2, -0.15) is 0 Å². The Labute approximate surface area is 109 Å². The van der Waals surface area contributed by atoms with E-state index in [0.717, 1.165) is 0 Å². The number of rotatable bonds is 7. The Kier molecular flexibility index (Phi) is 5.88. The number of hydrogen-bond donors (Lipinski definition) is 1. The summed E-state index contributed by atoms with van der Waals surface area (Å²) in [7, 11) is 0. The van der Waals surface area contributed by atoms with Crippen molar-refractivity contribution in [1.29, 1.82) is 0 Å². The maximum absolute atomic E-state index is 13.4. The van der Waals surface area contributed by atoms with Gasteiger partial charge < -0.3 is 14.6 Å². The second-order valence-electron chi connectivity index (χ2n) is 3.47. The molecular weight excluding hydrogens is 263 g/mol. The third-order valence-electron chi connectivity index (χ3n) is 2.20. The van der Waals surface area contributed by atoms with E-state index in [1.54, 1.807) is 13.0 Å². The van der Waals surface area contributed by atoms with Crippen LogP contribution in [0.2, 0.25) is 5.02 Å². The molecule has 0 aromatic heterocycles. The van der Waals surface area contributed by atoms with Crippen LogP contribution in [0.15, 0.2) is 18.2 Å². The number of hydrogen-bond acceptors (Lipinski definition) is 3. The molecule has 1 aromatic rings. The zero-order chi connectivity index (χ0) is 13.5. The molecule has 0 radical (unpaired) electrons. The Morgan fingerprint density at radius 2 is 2.28 bits per heavy atom. The van der Waals surface area contributed by atoms with E-state index in [-0.39, 0.29) is 23.8 Å². The first-order valence-electron chi connectivity index (χ1n) is 5.47. The average molecular weight is 277 g/mol. The lowest BCUT2D eigenvalue weighted by Gasteiger charge is -2.13. The Balaban J connectivity index is 2.50. The summed E-state index contributed by atoms with van der Waals surface area (Å²) >= 11 is 5.58. The lowest BCUT2D eigenvalue weighted by Crippen LogP contribution is -2.26. The van der Waals surface area contributed by atoms with E-state index in [2.05, 4.69) is 0 Å². The van der Waals surface area contributed by atoms with Crippen molar-refractivity contribution >= 4 is 17.6 Å². The molecule has 6 heteroatoms. The van der Waals surface area contributed by atoms with Crippen molar-refractivity contribution in [1.82, 2.24) is 0 Å². The van der Waals surface area contributed by atoms with E-state index >= 15 is 0 Å². The summed E-state index contributed by atoms with van der Waals surface area (Å²) in [6, 6.07) is 4.39. The number of aliphatic carboxylic acids is 1. The molecule has 1 aromatic carbocycles. The molecule has 0 saturated carbocycles. The van der Waals surface area contributed by atoms with E-state index in [4.69, 9.17) is 26.2 Å². The number of ether oxygens (including phenoxy) is 2. The van der Waals surface area contributed by atoms with Crippen molar-refractivity contribution in [2.24, 2.45) is 0 Å². The van der Waals surface area contributed by atoms with Crippen LogP contribution >= 0.6 is 11.6 Å². The van der Waals surface area contributed by atoms with Crippen LogP contribution < -0.4 is 4.74 Å². The molecule has 1 rings (SSSR count). The second-order valence-corrected chi connectivity index (χ2v) is 3.88. The highest BCUT2D eigenvalue weighted by Crippen LogP contribution is 2.24. The summed E-state index contributed by atoms with van der Waals surface area (Å²) in [4.78, 5) is 10.8. The van der Waals surface area contributed by atoms with Gasteiger partial charge in [0.1, 0.15) is 0 Å². The van der Waals surface area contributed by atoms with Crippen LogP contribution in [-0.4, -0.2) is 30.4 Å². The normalized spacial score (nSPS) is 12.2. The van der Waals surface area contributed by atoms with Crippen molar-refractivity contribution in [3.63, 3.8) is 0 Å². The molecule has 0 aliphatic carbocycles. The van der Waals surface area contributed by atoms with Crippen LogP contribution in [-0.2, 0) is 9.53 Å². The van der Waals surface area contributed by atoms with Crippen LogP contribution in [0.5, 0.6) is 5.75 Å². The minimum Gasteiger partial charge on any atom is -0.490 e. The molecule has 0 saturated heterocycles. The van der Waals surface area contributed by atoms with Gasteiger partial charge in [0.15, 0.2) is 17.7 Å². The van der Waals surface area contributed by atoms with E-state index in [9.17, 15) is 9.18 Å². The largest absolute Gasteiger partial charge is 0.490 e. The number of carbonyl (C=O) groups is 1. The first kappa shape index (κ1) is 14.7. The second kappa shape index (κ2) is 7.18. The predicted octanol–water partition coefficient (Wildman–Crippen LogP) is 2.74. The molecule has 0 bridgehead atoms. The van der Waals surface area contributed by atoms with Crippen LogP contribution in [0.1, 0.15) is 13.3 Å². The van der Waals surface area contributed by atoms with Crippen molar-refractivity contribution < 1.29 is 23.8 Å². The number of benzene rings is 1. The van der Waals surface area contributed by atoms with Gasteiger partial charge in [0, 0.05) is 13.0 Å². The molecule has 0 aliphatic rings. The number of halogens is 2. The topological polar surface area (TPSA) is 55.8 Å². The molecule has 0 spiro atoms. The predicted molar refractivity (Wildman–Crippen MR) is 64.6 cm³/mol. The van der Waals surface area contributed by atoms with E-state index < -0.39 is 17.9 Å². The van der Waals surface area contributed by atoms with Crippen molar-refractivity contribution in [3.8, 4) is 5.75 Å². The highest BCUT2D eigenvalue weighted by molar-refractivity contribution is 6.30. The van der Waals surface area contributed by atoms with Gasteiger partial charge in [-0.25, -0.2) is 9.18 Å². The fourth-order valence-electron chi connectivity index (χ4n) is 1.35. The van der Waals surface area contributed by atoms with E-state index in [1.165, 1.54) is 12.1 Å². The van der Waals surface area contributed by atoms with Gasteiger partial charge in [-0.05, 0) is 19.1 Å². The van der Waals surface area contributed by atoms with Gasteiger partial charge >= 0.3 is 5.97 Å². The Morgan fingerprint density at radius 3 is 2.89 bits per heavy atom. The monoisotopic (exact) mass is 276 g/mol. The van der Waals surface area contributed by atoms with Gasteiger partial charge in [-0.15, -0.1) is 0 Å². The Hall–Kier alpha value is -1.33. The third kappa shape index (κ3) is 4.16. The van der Waals surface area contributed by atoms with E-state index in [0.29, 0.717) is 6.61 Å². The zero-order valence-electron chi connectivity index (χ0n) is 9.86. The number of carboxylic acids is 1. The maximum Gasteiger partial charge on any atom is 0.332 e. The molecule has 0 aliphatic heterocycles. The van der Waals surface area contributed by atoms with Gasteiger partial charge in [0.25, 0.3) is 0 Å². The quantitative estimate of drug-likeness (QED) is 0.832. The lowest BCUT2D eigenvalue weighted by atomic mass is 10.2. The summed E-state index contributed by atoms with van der Waals surface area (Å²) in [5, 5.41) is 8.79. The SMILES string of the molecule is CCOC(CCOc1cccc(Cl)c1F)C(=O)O. The highest BCUT2D eigenvalue weighted by Gasteiger charge is 2.17. The first-order valence-corrected chi connectivity index (χ1v) is 5.85. The molecule has 0 heterocycles. The van der Waals surface area contributed by atoms with Gasteiger partial charge in [0.05, 0.1) is 11.6 Å². The van der Waals surface area contributed by atoms with Crippen LogP contribution in [0, 0.1) is 5.82 Å². The standard InChI is InChI=1S/C12H14ClFO4/c1-2-17-10(12(15)16)6-7-18-9-5-3-4-8(13)11(9)14/h3-5,10H,2,6-7H2,1H3,(H,15,16). The smallest absolute Gasteiger partial charge is 0.332 e. The molecule has 0 amide bonds. The molecule has 18 heavy (non-hydrogen) atoms. The van der Waals surface area contributed by atoms with Gasteiger partial charge in [-0.1, -0.05) is 17.7 Å². The summed E-state index contributed by atoms with van der Waals surface area (Å²) in [6.45, 7) is 2.03. The zero-order valence-corrected chi connectivity index (χ0v) is 10.6. The van der Waals surface area contributed by atoms with Crippen molar-refractivity contribution in [2.75, 3.05) is 13.2 Å². The average Bonchev–Trinajstić information content (AvgIpc) is 2.33. The molecule has 100 valence electrons. The van der Waals surface area contributed by atoms with E-state index in [1.807, 2.05) is 0 Å². The summed E-state index contributed by atoms with van der Waals surface area (Å²) < 4.78 is 23.6. The minimum atomic E-state index is -1.06. The minimum absolute atomic E-state index is 0.00290. The molecule has 1 N–H and O–H groups in total. The Bertz CT molecular complexity index is 411. The van der Waals surface area contributed by atoms with Gasteiger partial charge in [-0.3, -0.25) is 0 Å². The lowest BCUT2D eigenvalue weighted by molar-refractivity contribution is -0.150. The number of carboxylic acid groups (broad SMARTS) is 1. The highest BCUT2D eigenvalue weighted by atomic mass is 35.5. The summed E-state index contributed by atoms with van der Waals surface area (Å²) in [5.74, 6) is -1.71. The van der Waals surface area contributed by atoms with Gasteiger partial charge in [0.2, 0.25) is 0 Å². The summed E-state index contributed by atoms with van der Waals surface area (Å²) in [5.41, 5.74) is 0. The van der Waals surface area contributed by atoms with Crippen molar-refractivity contribution in [2.45, 2.75) is 19.4 Å². The molecule has 0 fully saturated rings. The molecule has 4 nitrogen and oxygen atoms in total. The maximum atomic E-state index is 13.4. The third-order valence-corrected chi connectivity index (χ3v) is 2.49. The Morgan fingerprint density at radius 1 is 1.56 bits per heavy atom. The molecule has 1 unspecified atom stereocenters. The van der Waals surface area contributed by atoms with Crippen LogP contribution in [0.3, 0.4) is 0 Å². The fourth-order valence-corrected chi connectivity index (χ4v) is 1.52. The fraction of sp³-hybridized carbons (Fsp3) is 0.417.